The maximum atomic E-state index is 14.9. The van der Waals surface area contributed by atoms with Crippen LogP contribution in [0.2, 0.25) is 0 Å². The van der Waals surface area contributed by atoms with Crippen molar-refractivity contribution in [3.63, 3.8) is 0 Å². The van der Waals surface area contributed by atoms with Crippen molar-refractivity contribution in [3.8, 4) is 28.6 Å². The lowest BCUT2D eigenvalue weighted by Crippen LogP contribution is -2.37. The molecule has 0 amide bonds. The largest absolute Gasteiger partial charge is 0.502 e. The minimum atomic E-state index is -0.932. The average molecular weight is 385 g/mol. The third kappa shape index (κ3) is 2.41. The second kappa shape index (κ2) is 6.27. The van der Waals surface area contributed by atoms with Crippen LogP contribution in [-0.4, -0.2) is 53.2 Å². The van der Waals surface area contributed by atoms with Gasteiger partial charge in [0.05, 0.1) is 43.0 Å². The number of phenolic OH excluding ortho intramolecular Hbond substituents is 2. The first-order valence-electron chi connectivity index (χ1n) is 9.22. The van der Waals surface area contributed by atoms with Crippen molar-refractivity contribution in [3.05, 3.63) is 30.1 Å². The van der Waals surface area contributed by atoms with Gasteiger partial charge in [-0.15, -0.1) is 0 Å². The SMILES string of the molecule is COc1cc(-c2nc3ccc(N4CCC4)cc3n2C2COC2)c(F)c(O)c1O. The van der Waals surface area contributed by atoms with Crippen molar-refractivity contribution in [2.75, 3.05) is 38.3 Å². The van der Waals surface area contributed by atoms with Crippen LogP contribution < -0.4 is 9.64 Å². The number of hydrogen-bond donors (Lipinski definition) is 2. The Bertz CT molecular complexity index is 1070. The summed E-state index contributed by atoms with van der Waals surface area (Å²) in [5, 5.41) is 19.9. The quantitative estimate of drug-likeness (QED) is 0.672. The number of anilines is 1. The van der Waals surface area contributed by atoms with Crippen LogP contribution in [0.25, 0.3) is 22.4 Å². The van der Waals surface area contributed by atoms with E-state index in [4.69, 9.17) is 9.47 Å². The molecule has 5 rings (SSSR count). The summed E-state index contributed by atoms with van der Waals surface area (Å²) in [5.74, 6) is -2.05. The van der Waals surface area contributed by atoms with Crippen molar-refractivity contribution in [2.45, 2.75) is 12.5 Å². The van der Waals surface area contributed by atoms with E-state index in [1.165, 1.54) is 19.6 Å². The molecule has 28 heavy (non-hydrogen) atoms. The molecule has 0 unspecified atom stereocenters. The molecule has 0 spiro atoms. The van der Waals surface area contributed by atoms with Gasteiger partial charge in [0.15, 0.2) is 17.3 Å². The first-order chi connectivity index (χ1) is 13.6. The highest BCUT2D eigenvalue weighted by Gasteiger charge is 2.30. The van der Waals surface area contributed by atoms with E-state index in [0.717, 1.165) is 29.8 Å². The Hall–Kier alpha value is -3.00. The van der Waals surface area contributed by atoms with E-state index in [-0.39, 0.29) is 17.4 Å². The lowest BCUT2D eigenvalue weighted by atomic mass is 10.1. The zero-order valence-electron chi connectivity index (χ0n) is 15.4. The van der Waals surface area contributed by atoms with Gasteiger partial charge in [0.2, 0.25) is 5.75 Å². The van der Waals surface area contributed by atoms with Crippen molar-refractivity contribution in [1.82, 2.24) is 9.55 Å². The van der Waals surface area contributed by atoms with E-state index < -0.39 is 17.3 Å². The molecular weight excluding hydrogens is 365 g/mol. The molecule has 2 N–H and O–H groups in total. The second-order valence-electron chi connectivity index (χ2n) is 7.15. The van der Waals surface area contributed by atoms with Crippen molar-refractivity contribution >= 4 is 16.7 Å². The minimum absolute atomic E-state index is 0.0152. The number of halogens is 1. The highest BCUT2D eigenvalue weighted by atomic mass is 19.1. The molecule has 0 saturated carbocycles. The van der Waals surface area contributed by atoms with Gasteiger partial charge in [0.1, 0.15) is 5.82 Å². The van der Waals surface area contributed by atoms with E-state index in [0.29, 0.717) is 19.0 Å². The van der Waals surface area contributed by atoms with Crippen LogP contribution in [0.5, 0.6) is 17.2 Å². The first-order valence-corrected chi connectivity index (χ1v) is 9.22. The number of benzene rings is 2. The zero-order chi connectivity index (χ0) is 19.4. The van der Waals surface area contributed by atoms with Gasteiger partial charge in [-0.2, -0.15) is 0 Å². The molecule has 2 aromatic carbocycles. The summed E-state index contributed by atoms with van der Waals surface area (Å²) >= 11 is 0. The molecule has 0 bridgehead atoms. The maximum absolute atomic E-state index is 14.9. The summed E-state index contributed by atoms with van der Waals surface area (Å²) in [6, 6.07) is 7.40. The van der Waals surface area contributed by atoms with Gasteiger partial charge in [-0.1, -0.05) is 0 Å². The molecule has 3 heterocycles. The van der Waals surface area contributed by atoms with Crippen LogP contribution in [0.15, 0.2) is 24.3 Å². The van der Waals surface area contributed by atoms with Crippen LogP contribution >= 0.6 is 0 Å². The Morgan fingerprint density at radius 1 is 1.18 bits per heavy atom. The minimum Gasteiger partial charge on any atom is -0.502 e. The van der Waals surface area contributed by atoms with Gasteiger partial charge in [0.25, 0.3) is 0 Å². The number of rotatable bonds is 4. The summed E-state index contributed by atoms with van der Waals surface area (Å²) in [5.41, 5.74) is 2.80. The molecule has 8 heteroatoms. The first kappa shape index (κ1) is 17.1. The van der Waals surface area contributed by atoms with Crippen LogP contribution in [-0.2, 0) is 4.74 Å². The number of imidazole rings is 1. The summed E-state index contributed by atoms with van der Waals surface area (Å²) in [4.78, 5) is 6.92. The fourth-order valence-corrected chi connectivity index (χ4v) is 3.71. The van der Waals surface area contributed by atoms with E-state index in [9.17, 15) is 14.6 Å². The van der Waals surface area contributed by atoms with E-state index in [1.54, 1.807) is 0 Å². The van der Waals surface area contributed by atoms with E-state index in [2.05, 4.69) is 16.0 Å². The monoisotopic (exact) mass is 385 g/mol. The van der Waals surface area contributed by atoms with Crippen LogP contribution in [0.1, 0.15) is 12.5 Å². The molecule has 2 aliphatic heterocycles. The number of phenols is 2. The van der Waals surface area contributed by atoms with Crippen LogP contribution in [0.4, 0.5) is 10.1 Å². The van der Waals surface area contributed by atoms with Crippen molar-refractivity contribution < 1.29 is 24.1 Å². The topological polar surface area (TPSA) is 80.0 Å². The third-order valence-electron chi connectivity index (χ3n) is 5.52. The molecule has 2 saturated heterocycles. The van der Waals surface area contributed by atoms with E-state index in [1.807, 2.05) is 16.7 Å². The smallest absolute Gasteiger partial charge is 0.203 e. The number of methoxy groups -OCH3 is 1. The Kier molecular flexibility index (Phi) is 3.83. The summed E-state index contributed by atoms with van der Waals surface area (Å²) in [6.45, 7) is 3.07. The summed E-state index contributed by atoms with van der Waals surface area (Å²) in [7, 11) is 1.35. The average Bonchev–Trinajstić information content (AvgIpc) is 2.96. The standard InChI is InChI=1S/C20H20FN3O4/c1-27-16-8-13(17(21)19(26)18(16)25)20-22-14-4-3-11(23-5-2-6-23)7-15(14)24(20)12-9-28-10-12/h3-4,7-8,12,25-26H,2,5-6,9-10H2,1H3. The maximum Gasteiger partial charge on any atom is 0.203 e. The molecule has 0 aliphatic carbocycles. The number of fused-ring (bicyclic) bond motifs is 1. The fourth-order valence-electron chi connectivity index (χ4n) is 3.71. The fraction of sp³-hybridized carbons (Fsp3) is 0.350. The van der Waals surface area contributed by atoms with E-state index >= 15 is 0 Å². The number of ether oxygens (including phenoxy) is 2. The Labute approximate surface area is 160 Å². The lowest BCUT2D eigenvalue weighted by molar-refractivity contribution is -0.0209. The van der Waals surface area contributed by atoms with Crippen molar-refractivity contribution in [1.29, 1.82) is 0 Å². The Morgan fingerprint density at radius 3 is 2.57 bits per heavy atom. The van der Waals surface area contributed by atoms with Crippen LogP contribution in [0, 0.1) is 5.82 Å². The molecule has 146 valence electrons. The molecule has 0 atom stereocenters. The zero-order valence-corrected chi connectivity index (χ0v) is 15.4. The van der Waals surface area contributed by atoms with Gasteiger partial charge in [0, 0.05) is 18.8 Å². The Morgan fingerprint density at radius 2 is 1.96 bits per heavy atom. The second-order valence-corrected chi connectivity index (χ2v) is 7.15. The van der Waals surface area contributed by atoms with Gasteiger partial charge >= 0.3 is 0 Å². The summed E-state index contributed by atoms with van der Waals surface area (Å²) in [6.07, 6.45) is 1.18. The molecule has 7 nitrogen and oxygen atoms in total. The number of nitrogens with zero attached hydrogens (tertiary/aromatic N) is 3. The molecule has 3 aromatic rings. The molecular formula is C20H20FN3O4. The van der Waals surface area contributed by atoms with Gasteiger partial charge < -0.3 is 29.2 Å². The summed E-state index contributed by atoms with van der Waals surface area (Å²) < 4.78 is 27.3. The molecule has 2 aliphatic rings. The third-order valence-corrected chi connectivity index (χ3v) is 5.52. The lowest BCUT2D eigenvalue weighted by Gasteiger charge is -2.33. The molecule has 2 fully saturated rings. The predicted octanol–water partition coefficient (Wildman–Crippen LogP) is 3.04. The van der Waals surface area contributed by atoms with Gasteiger partial charge in [-0.05, 0) is 30.7 Å². The van der Waals surface area contributed by atoms with Gasteiger partial charge in [-0.3, -0.25) is 0 Å². The molecule has 0 radical (unpaired) electrons. The number of aromatic nitrogens is 2. The van der Waals surface area contributed by atoms with Crippen LogP contribution in [0.3, 0.4) is 0 Å². The van der Waals surface area contributed by atoms with Gasteiger partial charge in [-0.25, -0.2) is 9.37 Å². The predicted molar refractivity (Wildman–Crippen MR) is 102 cm³/mol. The number of hydrogen-bond acceptors (Lipinski definition) is 6. The molecule has 1 aromatic heterocycles. The van der Waals surface area contributed by atoms with Crippen molar-refractivity contribution in [2.24, 2.45) is 0 Å². The number of aromatic hydroxyl groups is 2. The normalized spacial score (nSPS) is 16.9. The highest BCUT2D eigenvalue weighted by molar-refractivity contribution is 5.85. The Balaban J connectivity index is 1.74. The highest BCUT2D eigenvalue weighted by Crippen LogP contribution is 2.44.